The standard InChI is InChI=1S/C7H8N2OS/c1-3-8-7(10)6-4-11-5(2)9-6/h2,4H,3H2,1H3,(H,8,10). The third-order valence-electron chi connectivity index (χ3n) is 1.09. The van der Waals surface area contributed by atoms with Crippen molar-refractivity contribution in [2.75, 3.05) is 6.54 Å². The van der Waals surface area contributed by atoms with Gasteiger partial charge in [0.15, 0.2) is 0 Å². The molecule has 1 rings (SSSR count). The van der Waals surface area contributed by atoms with Crippen LogP contribution >= 0.6 is 11.3 Å². The molecule has 4 heteroatoms. The summed E-state index contributed by atoms with van der Waals surface area (Å²) in [6.07, 6.45) is 0. The van der Waals surface area contributed by atoms with Crippen LogP contribution in [0.2, 0.25) is 0 Å². The Kier molecular flexibility index (Phi) is 2.59. The van der Waals surface area contributed by atoms with Crippen molar-refractivity contribution in [3.05, 3.63) is 23.0 Å². The smallest absolute Gasteiger partial charge is 0.270 e. The molecule has 0 aliphatic rings. The molecular formula is C7H8N2OS. The second-order valence-electron chi connectivity index (χ2n) is 1.93. The van der Waals surface area contributed by atoms with Crippen LogP contribution < -0.4 is 5.32 Å². The first-order valence-corrected chi connectivity index (χ1v) is 4.11. The summed E-state index contributed by atoms with van der Waals surface area (Å²) in [5.41, 5.74) is 0.398. The minimum Gasteiger partial charge on any atom is -0.351 e. The summed E-state index contributed by atoms with van der Waals surface area (Å²) in [5.74, 6) is -0.166. The van der Waals surface area contributed by atoms with Crippen molar-refractivity contribution in [1.82, 2.24) is 10.3 Å². The summed E-state index contributed by atoms with van der Waals surface area (Å²) in [6.45, 7) is 7.80. The Balaban J connectivity index is 2.69. The summed E-state index contributed by atoms with van der Waals surface area (Å²) >= 11 is 1.26. The molecule has 0 saturated heterocycles. The average Bonchev–Trinajstić information content (AvgIpc) is 2.36. The molecule has 0 aliphatic heterocycles. The molecule has 1 N–H and O–H groups in total. The van der Waals surface area contributed by atoms with Crippen molar-refractivity contribution in [2.24, 2.45) is 0 Å². The summed E-state index contributed by atoms with van der Waals surface area (Å²) in [5, 5.41) is 4.69. The van der Waals surface area contributed by atoms with Gasteiger partial charge in [0.2, 0.25) is 0 Å². The van der Waals surface area contributed by atoms with Crippen LogP contribution in [-0.2, 0) is 0 Å². The lowest BCUT2D eigenvalue weighted by Gasteiger charge is -1.95. The van der Waals surface area contributed by atoms with E-state index in [0.717, 1.165) is 0 Å². The predicted octanol–water partition coefficient (Wildman–Crippen LogP) is 0.952. The van der Waals surface area contributed by atoms with Gasteiger partial charge in [-0.2, -0.15) is 0 Å². The van der Waals surface area contributed by atoms with Gasteiger partial charge < -0.3 is 5.32 Å². The fourth-order valence-electron chi connectivity index (χ4n) is 0.643. The van der Waals surface area contributed by atoms with Crippen LogP contribution in [0.1, 0.15) is 22.4 Å². The molecule has 0 aliphatic carbocycles. The molecule has 0 saturated carbocycles. The van der Waals surface area contributed by atoms with E-state index in [-0.39, 0.29) is 5.91 Å². The Hall–Kier alpha value is -0.900. The third kappa shape index (κ3) is 2.01. The summed E-state index contributed by atoms with van der Waals surface area (Å²) in [6, 6.07) is 0. The van der Waals surface area contributed by atoms with Crippen LogP contribution in [0.15, 0.2) is 5.38 Å². The molecule has 1 aromatic rings. The molecule has 3 nitrogen and oxygen atoms in total. The highest BCUT2D eigenvalue weighted by atomic mass is 32.1. The molecule has 1 amide bonds. The molecule has 0 unspecified atom stereocenters. The topological polar surface area (TPSA) is 42.0 Å². The second-order valence-corrected chi connectivity index (χ2v) is 2.82. The molecule has 1 aromatic heterocycles. The lowest BCUT2D eigenvalue weighted by atomic mass is 10.4. The Bertz CT molecular complexity index is 257. The van der Waals surface area contributed by atoms with Gasteiger partial charge in [0.25, 0.3) is 5.91 Å². The molecule has 0 aromatic carbocycles. The summed E-state index contributed by atoms with van der Waals surface area (Å²) in [7, 11) is 0. The SMILES string of the molecule is [CH]c1nc(C(=O)NCC)cs1. The number of nitrogens with zero attached hydrogens (tertiary/aromatic N) is 1. The van der Waals surface area contributed by atoms with Crippen LogP contribution in [0.4, 0.5) is 0 Å². The zero-order valence-electron chi connectivity index (χ0n) is 6.13. The highest BCUT2D eigenvalue weighted by Crippen LogP contribution is 2.06. The van der Waals surface area contributed by atoms with E-state index in [1.807, 2.05) is 6.92 Å². The Morgan fingerprint density at radius 2 is 2.64 bits per heavy atom. The predicted molar refractivity (Wildman–Crippen MR) is 43.5 cm³/mol. The highest BCUT2D eigenvalue weighted by molar-refractivity contribution is 7.10. The van der Waals surface area contributed by atoms with E-state index in [1.165, 1.54) is 11.3 Å². The third-order valence-corrected chi connectivity index (χ3v) is 1.77. The van der Waals surface area contributed by atoms with Gasteiger partial charge in [0, 0.05) is 18.8 Å². The molecular weight excluding hydrogens is 160 g/mol. The van der Waals surface area contributed by atoms with Gasteiger partial charge in [-0.3, -0.25) is 4.79 Å². The van der Waals surface area contributed by atoms with Gasteiger partial charge in [-0.15, -0.1) is 11.3 Å². The maximum Gasteiger partial charge on any atom is 0.270 e. The van der Waals surface area contributed by atoms with Gasteiger partial charge in [0.1, 0.15) is 5.69 Å². The molecule has 0 fully saturated rings. The van der Waals surface area contributed by atoms with E-state index >= 15 is 0 Å². The molecule has 1 heterocycles. The van der Waals surface area contributed by atoms with E-state index in [1.54, 1.807) is 5.38 Å². The van der Waals surface area contributed by atoms with Crippen LogP contribution in [0, 0.1) is 6.92 Å². The zero-order valence-corrected chi connectivity index (χ0v) is 6.94. The molecule has 11 heavy (non-hydrogen) atoms. The van der Waals surface area contributed by atoms with Crippen LogP contribution in [-0.4, -0.2) is 17.4 Å². The summed E-state index contributed by atoms with van der Waals surface area (Å²) in [4.78, 5) is 14.8. The fraction of sp³-hybridized carbons (Fsp3) is 0.286. The first kappa shape index (κ1) is 8.20. The Morgan fingerprint density at radius 1 is 1.91 bits per heavy atom. The number of carbonyl (C=O) groups excluding carboxylic acids is 1. The number of aromatic nitrogens is 1. The van der Waals surface area contributed by atoms with Crippen molar-refractivity contribution in [3.8, 4) is 0 Å². The van der Waals surface area contributed by atoms with E-state index in [2.05, 4.69) is 10.3 Å². The van der Waals surface area contributed by atoms with Gasteiger partial charge >= 0.3 is 0 Å². The van der Waals surface area contributed by atoms with Gasteiger partial charge in [-0.05, 0) is 6.92 Å². The van der Waals surface area contributed by atoms with Crippen LogP contribution in [0.3, 0.4) is 0 Å². The highest BCUT2D eigenvalue weighted by Gasteiger charge is 2.06. The molecule has 58 valence electrons. The van der Waals surface area contributed by atoms with Gasteiger partial charge in [0.05, 0.1) is 5.01 Å². The zero-order chi connectivity index (χ0) is 8.27. The monoisotopic (exact) mass is 168 g/mol. The Morgan fingerprint density at radius 3 is 3.09 bits per heavy atom. The number of rotatable bonds is 2. The number of carbonyl (C=O) groups is 1. The quantitative estimate of drug-likeness (QED) is 0.714. The van der Waals surface area contributed by atoms with E-state index < -0.39 is 0 Å². The number of thiazole rings is 1. The number of hydrogen-bond acceptors (Lipinski definition) is 3. The van der Waals surface area contributed by atoms with Crippen LogP contribution in [0.25, 0.3) is 0 Å². The maximum absolute atomic E-state index is 11.0. The largest absolute Gasteiger partial charge is 0.351 e. The minimum absolute atomic E-state index is 0.166. The fourth-order valence-corrected chi connectivity index (χ4v) is 1.19. The lowest BCUT2D eigenvalue weighted by molar-refractivity contribution is 0.0951. The normalized spacial score (nSPS) is 9.64. The van der Waals surface area contributed by atoms with E-state index in [4.69, 9.17) is 6.92 Å². The van der Waals surface area contributed by atoms with Crippen molar-refractivity contribution in [1.29, 1.82) is 0 Å². The molecule has 0 atom stereocenters. The van der Waals surface area contributed by atoms with Gasteiger partial charge in [-0.25, -0.2) is 4.98 Å². The lowest BCUT2D eigenvalue weighted by Crippen LogP contribution is -2.22. The van der Waals surface area contributed by atoms with Crippen molar-refractivity contribution >= 4 is 17.2 Å². The second kappa shape index (κ2) is 3.48. The van der Waals surface area contributed by atoms with E-state index in [0.29, 0.717) is 17.2 Å². The molecule has 0 bridgehead atoms. The molecule has 0 spiro atoms. The van der Waals surface area contributed by atoms with Crippen molar-refractivity contribution in [3.63, 3.8) is 0 Å². The van der Waals surface area contributed by atoms with Crippen molar-refractivity contribution < 1.29 is 4.79 Å². The number of amides is 1. The summed E-state index contributed by atoms with van der Waals surface area (Å²) < 4.78 is 0. The van der Waals surface area contributed by atoms with E-state index in [9.17, 15) is 4.79 Å². The van der Waals surface area contributed by atoms with Crippen molar-refractivity contribution in [2.45, 2.75) is 6.92 Å². The Labute approximate surface area is 69.5 Å². The van der Waals surface area contributed by atoms with Crippen LogP contribution in [0.5, 0.6) is 0 Å². The molecule has 2 radical (unpaired) electrons. The minimum atomic E-state index is -0.166. The maximum atomic E-state index is 11.0. The average molecular weight is 168 g/mol. The first-order valence-electron chi connectivity index (χ1n) is 3.23. The number of hydrogen-bond donors (Lipinski definition) is 1. The van der Waals surface area contributed by atoms with Gasteiger partial charge in [-0.1, -0.05) is 0 Å². The number of nitrogens with one attached hydrogen (secondary N) is 1. The first-order chi connectivity index (χ1) is 5.24.